The maximum Gasteiger partial charge on any atom is 0.298 e. The highest BCUT2D eigenvalue weighted by atomic mass is 32.2. The Hall–Kier alpha value is -2.33. The monoisotopic (exact) mass is 323 g/mol. The van der Waals surface area contributed by atoms with Crippen LogP contribution in [-0.2, 0) is 11.2 Å². The Kier molecular flexibility index (Phi) is 4.35. The SMILES string of the molecule is CCc1ccccc1N1C(=O)S/C(=C\c2ccc(C)cc2)C1=O. The number of anilines is 1. The Morgan fingerprint density at radius 2 is 1.74 bits per heavy atom. The topological polar surface area (TPSA) is 37.4 Å². The molecule has 1 aliphatic heterocycles. The lowest BCUT2D eigenvalue weighted by Crippen LogP contribution is -2.28. The van der Waals surface area contributed by atoms with Crippen LogP contribution in [0.15, 0.2) is 53.4 Å². The molecule has 2 aromatic carbocycles. The van der Waals surface area contributed by atoms with Gasteiger partial charge in [0.2, 0.25) is 0 Å². The van der Waals surface area contributed by atoms with Gasteiger partial charge in [-0.25, -0.2) is 4.90 Å². The van der Waals surface area contributed by atoms with Crippen LogP contribution in [-0.4, -0.2) is 11.1 Å². The minimum absolute atomic E-state index is 0.241. The van der Waals surface area contributed by atoms with E-state index in [0.717, 1.165) is 34.9 Å². The van der Waals surface area contributed by atoms with Gasteiger partial charge in [0, 0.05) is 0 Å². The van der Waals surface area contributed by atoms with Crippen molar-refractivity contribution >= 4 is 34.7 Å². The molecule has 2 amide bonds. The molecular formula is C19H17NO2S. The van der Waals surface area contributed by atoms with Crippen LogP contribution in [0, 0.1) is 6.92 Å². The van der Waals surface area contributed by atoms with Gasteiger partial charge in [0.1, 0.15) is 0 Å². The van der Waals surface area contributed by atoms with E-state index in [2.05, 4.69) is 0 Å². The summed E-state index contributed by atoms with van der Waals surface area (Å²) in [5.41, 5.74) is 3.76. The predicted octanol–water partition coefficient (Wildman–Crippen LogP) is 4.80. The second-order valence-corrected chi connectivity index (χ2v) is 6.40. The van der Waals surface area contributed by atoms with Crippen LogP contribution >= 0.6 is 11.8 Å². The van der Waals surface area contributed by atoms with Crippen LogP contribution in [0.4, 0.5) is 10.5 Å². The Morgan fingerprint density at radius 3 is 2.43 bits per heavy atom. The fourth-order valence-corrected chi connectivity index (χ4v) is 3.35. The summed E-state index contributed by atoms with van der Waals surface area (Å²) in [5, 5.41) is -0.241. The van der Waals surface area contributed by atoms with Gasteiger partial charge in [-0.2, -0.15) is 0 Å². The highest BCUT2D eigenvalue weighted by Crippen LogP contribution is 2.37. The Balaban J connectivity index is 1.95. The van der Waals surface area contributed by atoms with Gasteiger partial charge in [0.05, 0.1) is 10.6 Å². The molecule has 1 heterocycles. The second-order valence-electron chi connectivity index (χ2n) is 5.41. The van der Waals surface area contributed by atoms with Crippen LogP contribution in [0.2, 0.25) is 0 Å². The number of aryl methyl sites for hydroxylation is 2. The standard InChI is InChI=1S/C19H17NO2S/c1-3-15-6-4-5-7-16(15)20-18(21)17(23-19(20)22)12-14-10-8-13(2)9-11-14/h4-12H,3H2,1-2H3/b17-12-. The van der Waals surface area contributed by atoms with Crippen molar-refractivity contribution in [3.05, 3.63) is 70.1 Å². The number of rotatable bonds is 3. The third-order valence-corrected chi connectivity index (χ3v) is 4.65. The lowest BCUT2D eigenvalue weighted by atomic mass is 10.1. The quantitative estimate of drug-likeness (QED) is 0.762. The van der Waals surface area contributed by atoms with Crippen LogP contribution < -0.4 is 4.90 Å². The summed E-state index contributed by atoms with van der Waals surface area (Å²) in [7, 11) is 0. The minimum Gasteiger partial charge on any atom is -0.268 e. The first-order valence-corrected chi connectivity index (χ1v) is 8.34. The van der Waals surface area contributed by atoms with Crippen LogP contribution in [0.5, 0.6) is 0 Å². The Morgan fingerprint density at radius 1 is 1.04 bits per heavy atom. The molecule has 0 saturated carbocycles. The number of para-hydroxylation sites is 1. The van der Waals surface area contributed by atoms with Crippen LogP contribution in [0.25, 0.3) is 6.08 Å². The van der Waals surface area contributed by atoms with E-state index in [1.807, 2.05) is 62.4 Å². The fourth-order valence-electron chi connectivity index (χ4n) is 2.52. The highest BCUT2D eigenvalue weighted by Gasteiger charge is 2.37. The van der Waals surface area contributed by atoms with Gasteiger partial charge in [0.25, 0.3) is 11.1 Å². The number of imide groups is 1. The van der Waals surface area contributed by atoms with E-state index < -0.39 is 0 Å². The molecule has 0 unspecified atom stereocenters. The first kappa shape index (κ1) is 15.6. The van der Waals surface area contributed by atoms with Gasteiger partial charge in [-0.1, -0.05) is 55.0 Å². The zero-order chi connectivity index (χ0) is 16.4. The van der Waals surface area contributed by atoms with E-state index in [4.69, 9.17) is 0 Å². The number of hydrogen-bond acceptors (Lipinski definition) is 3. The van der Waals surface area contributed by atoms with Crippen LogP contribution in [0.3, 0.4) is 0 Å². The molecule has 0 N–H and O–H groups in total. The molecule has 0 bridgehead atoms. The van der Waals surface area contributed by atoms with Crippen molar-refractivity contribution in [2.75, 3.05) is 4.90 Å². The van der Waals surface area contributed by atoms with Crippen LogP contribution in [0.1, 0.15) is 23.6 Å². The minimum atomic E-state index is -0.249. The fraction of sp³-hybridized carbons (Fsp3) is 0.158. The van der Waals surface area contributed by atoms with E-state index in [1.54, 1.807) is 6.08 Å². The predicted molar refractivity (Wildman–Crippen MR) is 95.4 cm³/mol. The number of benzene rings is 2. The summed E-state index contributed by atoms with van der Waals surface area (Å²) >= 11 is 0.993. The molecule has 0 atom stereocenters. The summed E-state index contributed by atoms with van der Waals surface area (Å²) in [6, 6.07) is 15.4. The van der Waals surface area contributed by atoms with Crippen molar-refractivity contribution < 1.29 is 9.59 Å². The van der Waals surface area contributed by atoms with Crippen molar-refractivity contribution in [2.45, 2.75) is 20.3 Å². The first-order valence-electron chi connectivity index (χ1n) is 7.52. The molecule has 3 nitrogen and oxygen atoms in total. The molecule has 23 heavy (non-hydrogen) atoms. The molecule has 4 heteroatoms. The third-order valence-electron chi connectivity index (χ3n) is 3.78. The average Bonchev–Trinajstić information content (AvgIpc) is 2.83. The summed E-state index contributed by atoms with van der Waals surface area (Å²) in [4.78, 5) is 26.8. The van der Waals surface area contributed by atoms with Gasteiger partial charge in [-0.05, 0) is 48.4 Å². The second kappa shape index (κ2) is 6.42. The Labute approximate surface area is 140 Å². The summed E-state index contributed by atoms with van der Waals surface area (Å²) in [6.07, 6.45) is 2.55. The smallest absolute Gasteiger partial charge is 0.268 e. The molecule has 0 aromatic heterocycles. The van der Waals surface area contributed by atoms with Crippen molar-refractivity contribution in [3.63, 3.8) is 0 Å². The molecule has 116 valence electrons. The first-order chi connectivity index (χ1) is 11.1. The summed E-state index contributed by atoms with van der Waals surface area (Å²) < 4.78 is 0. The molecule has 1 aliphatic rings. The zero-order valence-electron chi connectivity index (χ0n) is 13.1. The van der Waals surface area contributed by atoms with Gasteiger partial charge < -0.3 is 0 Å². The number of carbonyl (C=O) groups is 2. The third kappa shape index (κ3) is 3.08. The van der Waals surface area contributed by atoms with Gasteiger partial charge >= 0.3 is 0 Å². The maximum absolute atomic E-state index is 12.7. The van der Waals surface area contributed by atoms with E-state index in [1.165, 1.54) is 4.90 Å². The molecule has 0 spiro atoms. The highest BCUT2D eigenvalue weighted by molar-refractivity contribution is 8.19. The van der Waals surface area contributed by atoms with E-state index in [0.29, 0.717) is 10.6 Å². The maximum atomic E-state index is 12.7. The lowest BCUT2D eigenvalue weighted by molar-refractivity contribution is -0.113. The molecule has 0 radical (unpaired) electrons. The van der Waals surface area contributed by atoms with E-state index in [-0.39, 0.29) is 11.1 Å². The molecule has 1 saturated heterocycles. The average molecular weight is 323 g/mol. The number of carbonyl (C=O) groups excluding carboxylic acids is 2. The molecule has 2 aromatic rings. The number of amides is 2. The summed E-state index contributed by atoms with van der Waals surface area (Å²) in [6.45, 7) is 4.03. The van der Waals surface area contributed by atoms with Gasteiger partial charge in [-0.15, -0.1) is 0 Å². The summed E-state index contributed by atoms with van der Waals surface area (Å²) in [5.74, 6) is -0.249. The largest absolute Gasteiger partial charge is 0.298 e. The van der Waals surface area contributed by atoms with Crippen molar-refractivity contribution in [2.24, 2.45) is 0 Å². The van der Waals surface area contributed by atoms with E-state index in [9.17, 15) is 9.59 Å². The number of thioether (sulfide) groups is 1. The Bertz CT molecular complexity index is 793. The van der Waals surface area contributed by atoms with Crippen molar-refractivity contribution in [1.82, 2.24) is 0 Å². The number of hydrogen-bond donors (Lipinski definition) is 0. The van der Waals surface area contributed by atoms with Crippen molar-refractivity contribution in [3.8, 4) is 0 Å². The van der Waals surface area contributed by atoms with E-state index >= 15 is 0 Å². The molecule has 1 fully saturated rings. The zero-order valence-corrected chi connectivity index (χ0v) is 13.9. The van der Waals surface area contributed by atoms with Gasteiger partial charge in [0.15, 0.2) is 0 Å². The molecule has 3 rings (SSSR count). The lowest BCUT2D eigenvalue weighted by Gasteiger charge is -2.16. The van der Waals surface area contributed by atoms with Gasteiger partial charge in [-0.3, -0.25) is 9.59 Å². The molecule has 0 aliphatic carbocycles. The normalized spacial score (nSPS) is 16.4. The number of nitrogens with zero attached hydrogens (tertiary/aromatic N) is 1. The van der Waals surface area contributed by atoms with Crippen molar-refractivity contribution in [1.29, 1.82) is 0 Å². The molecular weight excluding hydrogens is 306 g/mol.